The monoisotopic (exact) mass is 1150 g/mol. The van der Waals surface area contributed by atoms with Crippen LogP contribution in [0.3, 0.4) is 0 Å². The first kappa shape index (κ1) is 55.4. The predicted molar refractivity (Wildman–Crippen MR) is 317 cm³/mol. The zero-order chi connectivity index (χ0) is 53.6. The zero-order valence-electron chi connectivity index (χ0n) is 42.8. The van der Waals surface area contributed by atoms with E-state index >= 15 is 0 Å². The quantitative estimate of drug-likeness (QED) is 0.124. The molecule has 0 atom stereocenters. The Hall–Kier alpha value is -4.89. The molecule has 0 unspecified atom stereocenters. The molecule has 0 bridgehead atoms. The van der Waals surface area contributed by atoms with E-state index in [2.05, 4.69) is 42.8 Å². The molecule has 6 aromatic carbocycles. The molecule has 6 heterocycles. The van der Waals surface area contributed by atoms with Gasteiger partial charge in [0.2, 0.25) is 0 Å². The number of hydrogen-bond donors (Lipinski definition) is 3. The number of halogens is 6. The molecule has 0 aromatic heterocycles. The van der Waals surface area contributed by atoms with Gasteiger partial charge in [-0.25, -0.2) is 9.59 Å². The topological polar surface area (TPSA) is 104 Å². The van der Waals surface area contributed by atoms with Gasteiger partial charge in [0.15, 0.2) is 0 Å². The number of urea groups is 2. The number of para-hydroxylation sites is 2. The van der Waals surface area contributed by atoms with Crippen molar-refractivity contribution in [3.63, 3.8) is 0 Å². The summed E-state index contributed by atoms with van der Waals surface area (Å²) < 4.78 is 0. The summed E-state index contributed by atoms with van der Waals surface area (Å²) in [6, 6.07) is 34.3. The number of piperidine rings is 2. The van der Waals surface area contributed by atoms with Crippen LogP contribution >= 0.6 is 69.6 Å². The van der Waals surface area contributed by atoms with Crippen molar-refractivity contribution < 1.29 is 14.4 Å². The second kappa shape index (κ2) is 25.5. The lowest BCUT2D eigenvalue weighted by Crippen LogP contribution is -2.43. The Bertz CT molecular complexity index is 3080. The number of amides is 4. The van der Waals surface area contributed by atoms with Crippen LogP contribution in [0.25, 0.3) is 22.3 Å². The molecule has 6 aromatic rings. The van der Waals surface area contributed by atoms with Gasteiger partial charge in [0.1, 0.15) is 6.29 Å². The normalized spacial score (nSPS) is 18.4. The summed E-state index contributed by atoms with van der Waals surface area (Å²) in [5.74, 6) is 0. The number of benzene rings is 6. The fourth-order valence-corrected chi connectivity index (χ4v) is 13.4. The molecule has 4 saturated heterocycles. The number of fused-ring (bicyclic) bond motifs is 2. The Balaban J connectivity index is 0.000000150. The van der Waals surface area contributed by atoms with Gasteiger partial charge in [-0.15, -0.1) is 0 Å². The van der Waals surface area contributed by atoms with Crippen LogP contribution < -0.4 is 25.8 Å². The van der Waals surface area contributed by atoms with E-state index in [1.165, 1.54) is 95.5 Å². The van der Waals surface area contributed by atoms with Crippen molar-refractivity contribution in [2.75, 3.05) is 62.2 Å². The average molecular weight is 1160 g/mol. The van der Waals surface area contributed by atoms with Crippen molar-refractivity contribution in [3.05, 3.63) is 162 Å². The fraction of sp³-hybridized carbons (Fsp3) is 0.350. The van der Waals surface area contributed by atoms with E-state index in [1.807, 2.05) is 42.5 Å². The van der Waals surface area contributed by atoms with Crippen LogP contribution in [-0.4, -0.2) is 97.5 Å². The summed E-state index contributed by atoms with van der Waals surface area (Å²) in [4.78, 5) is 48.6. The molecule has 6 aliphatic rings. The van der Waals surface area contributed by atoms with Gasteiger partial charge in [-0.3, -0.25) is 19.5 Å². The first-order valence-electron chi connectivity index (χ1n) is 26.7. The largest absolute Gasteiger partial charge is 0.333 e. The summed E-state index contributed by atoms with van der Waals surface area (Å²) in [5.41, 5.74) is 9.03. The van der Waals surface area contributed by atoms with Crippen LogP contribution in [0.15, 0.2) is 109 Å². The maximum Gasteiger partial charge on any atom is 0.326 e. The minimum atomic E-state index is -0.379. The number of hydrogen-bond acceptors (Lipinski definition) is 7. The lowest BCUT2D eigenvalue weighted by Gasteiger charge is -2.37. The fourth-order valence-electron chi connectivity index (χ4n) is 11.8. The third kappa shape index (κ3) is 12.5. The number of aldehydes is 1. The Morgan fingerprint density at radius 3 is 1.38 bits per heavy atom. The molecular formula is C60H62Cl6N8O3. The molecule has 6 aliphatic heterocycles. The molecule has 0 radical (unpaired) electrons. The van der Waals surface area contributed by atoms with Gasteiger partial charge < -0.3 is 25.8 Å². The molecule has 0 saturated carbocycles. The first-order valence-corrected chi connectivity index (χ1v) is 29.0. The lowest BCUT2D eigenvalue weighted by atomic mass is 9.93. The number of anilines is 4. The van der Waals surface area contributed by atoms with E-state index in [1.54, 1.807) is 59.5 Å². The Labute approximate surface area is 481 Å². The number of likely N-dealkylation sites (tertiary alicyclic amines) is 3. The Kier molecular flexibility index (Phi) is 18.3. The van der Waals surface area contributed by atoms with Crippen molar-refractivity contribution in [1.29, 1.82) is 0 Å². The molecule has 0 aliphatic carbocycles. The van der Waals surface area contributed by atoms with E-state index in [0.717, 1.165) is 76.6 Å². The number of nitrogens with one attached hydrogen (secondary N) is 3. The molecule has 4 amide bonds. The second-order valence-corrected chi connectivity index (χ2v) is 22.8. The zero-order valence-corrected chi connectivity index (χ0v) is 47.3. The van der Waals surface area contributed by atoms with E-state index in [-0.39, 0.29) is 18.6 Å². The van der Waals surface area contributed by atoms with Crippen molar-refractivity contribution in [2.45, 2.75) is 83.1 Å². The van der Waals surface area contributed by atoms with Crippen LogP contribution in [0, 0.1) is 0 Å². The third-order valence-corrected chi connectivity index (χ3v) is 17.5. The molecule has 17 heteroatoms. The number of nitrogens with zero attached hydrogens (tertiary/aromatic N) is 5. The molecule has 402 valence electrons. The summed E-state index contributed by atoms with van der Waals surface area (Å²) >= 11 is 39.0. The average Bonchev–Trinajstić information content (AvgIpc) is 4.24. The summed E-state index contributed by atoms with van der Waals surface area (Å²) in [6.45, 7) is 11.3. The highest BCUT2D eigenvalue weighted by Crippen LogP contribution is 2.47. The highest BCUT2D eigenvalue weighted by molar-refractivity contribution is 6.41. The lowest BCUT2D eigenvalue weighted by molar-refractivity contribution is 0.112. The maximum atomic E-state index is 13.3. The Morgan fingerprint density at radius 2 is 0.909 bits per heavy atom. The van der Waals surface area contributed by atoms with Gasteiger partial charge in [-0.2, -0.15) is 0 Å². The molecule has 4 fully saturated rings. The van der Waals surface area contributed by atoms with E-state index in [9.17, 15) is 14.4 Å². The molecule has 3 N–H and O–H groups in total. The van der Waals surface area contributed by atoms with E-state index < -0.39 is 0 Å². The standard InChI is InChI=1S/C30H31Cl3N4O.C21H13Cl3N2O2.C9H18N2/c31-25-7-2-1-6-22(25)23-16-20(19-35-14-10-21(11-15-35)36-12-3-4-13-36)17-28-24(23)18-34-30(38)37(28)29-26(32)8-5-9-27(29)33;22-16-5-2-1-4-13(16)14-8-12(11-27)9-19-15(14)10-25-21(28)26(19)20-17(23)6-3-7-18(20)24;1-2-8-11(7-1)9-3-5-10-6-4-9/h1-2,5-9,16-17,21H,3-4,10-15,18-19H2,(H,34,38);1-9,11H,10H2,(H,25,28);9-10H,1-8H2. The highest BCUT2D eigenvalue weighted by Gasteiger charge is 2.34. The Morgan fingerprint density at radius 1 is 0.481 bits per heavy atom. The number of carbonyl (C=O) groups excluding carboxylic acids is 3. The van der Waals surface area contributed by atoms with Gasteiger partial charge in [0.25, 0.3) is 0 Å². The summed E-state index contributed by atoms with van der Waals surface area (Å²) in [5, 5.41) is 12.0. The van der Waals surface area contributed by atoms with Gasteiger partial charge >= 0.3 is 12.1 Å². The van der Waals surface area contributed by atoms with Crippen molar-refractivity contribution in [3.8, 4) is 22.3 Å². The third-order valence-electron chi connectivity index (χ3n) is 15.6. The molecule has 11 nitrogen and oxygen atoms in total. The minimum absolute atomic E-state index is 0.249. The van der Waals surface area contributed by atoms with Crippen molar-refractivity contribution >= 4 is 111 Å². The first-order chi connectivity index (χ1) is 37.5. The maximum absolute atomic E-state index is 13.3. The van der Waals surface area contributed by atoms with Crippen LogP contribution in [-0.2, 0) is 19.6 Å². The van der Waals surface area contributed by atoms with Gasteiger partial charge in [-0.05, 0) is 181 Å². The second-order valence-electron chi connectivity index (χ2n) is 20.4. The molecule has 77 heavy (non-hydrogen) atoms. The van der Waals surface area contributed by atoms with E-state index in [0.29, 0.717) is 65.3 Å². The molecule has 0 spiro atoms. The van der Waals surface area contributed by atoms with Crippen LogP contribution in [0.1, 0.15) is 78.4 Å². The predicted octanol–water partition coefficient (Wildman–Crippen LogP) is 15.1. The summed E-state index contributed by atoms with van der Waals surface area (Å²) in [6.07, 6.45) is 11.4. The minimum Gasteiger partial charge on any atom is -0.333 e. The van der Waals surface area contributed by atoms with Crippen LogP contribution in [0.4, 0.5) is 32.3 Å². The van der Waals surface area contributed by atoms with Crippen molar-refractivity contribution in [1.82, 2.24) is 30.7 Å². The van der Waals surface area contributed by atoms with Gasteiger partial charge in [0, 0.05) is 69.6 Å². The van der Waals surface area contributed by atoms with Gasteiger partial charge in [-0.1, -0.05) is 118 Å². The van der Waals surface area contributed by atoms with Crippen molar-refractivity contribution in [2.24, 2.45) is 0 Å². The van der Waals surface area contributed by atoms with E-state index in [4.69, 9.17) is 69.6 Å². The van der Waals surface area contributed by atoms with Crippen LogP contribution in [0.2, 0.25) is 30.1 Å². The van der Waals surface area contributed by atoms with Gasteiger partial charge in [0.05, 0.1) is 42.8 Å². The van der Waals surface area contributed by atoms with Crippen LogP contribution in [0.5, 0.6) is 0 Å². The molecule has 12 rings (SSSR count). The highest BCUT2D eigenvalue weighted by atomic mass is 35.5. The number of carbonyl (C=O) groups is 3. The number of rotatable bonds is 9. The smallest absolute Gasteiger partial charge is 0.326 e. The SMILES string of the molecule is C1CCN(C2CCNCC2)C1.O=C1NCc2c(-c3ccccc3Cl)cc(CN3CCC(N4CCCC4)CC3)cc2N1c1c(Cl)cccc1Cl.O=Cc1cc(-c2ccccc2Cl)c2c(c1)N(c1c(Cl)cccc1Cl)C(=O)NC2. The summed E-state index contributed by atoms with van der Waals surface area (Å²) in [7, 11) is 0. The molecular weight excluding hydrogens is 1090 g/mol.